The van der Waals surface area contributed by atoms with Crippen molar-refractivity contribution in [2.45, 2.75) is 38.6 Å². The van der Waals surface area contributed by atoms with Crippen molar-refractivity contribution in [2.24, 2.45) is 0 Å². The number of nitrogens with one attached hydrogen (secondary N) is 2. The number of hydrogen-bond acceptors (Lipinski definition) is 6. The number of aromatic nitrogens is 1. The standard InChI is InChI=1S/C26H24N2O7/c1-13-7-21(24-16-3-2-4-17(16)26(33)35-22(24)8-13)34-12-23(30)28-20(25(31)32)9-14-11-27-19-6-5-15(29)10-18(14)19/h5-8,10-11,20,27,29H,2-4,9,12H2,1H3,(H,28,30)(H,31,32)/t20-/m1/s1. The fourth-order valence-electron chi connectivity index (χ4n) is 4.75. The third-order valence-corrected chi connectivity index (χ3v) is 6.35. The first-order valence-electron chi connectivity index (χ1n) is 11.3. The van der Waals surface area contributed by atoms with Gasteiger partial charge in [0.05, 0.1) is 5.39 Å². The first kappa shape index (κ1) is 22.5. The van der Waals surface area contributed by atoms with E-state index < -0.39 is 24.5 Å². The van der Waals surface area contributed by atoms with E-state index in [1.807, 2.05) is 6.92 Å². The maximum Gasteiger partial charge on any atom is 0.339 e. The van der Waals surface area contributed by atoms with E-state index in [9.17, 15) is 24.6 Å². The smallest absolute Gasteiger partial charge is 0.339 e. The second-order valence-corrected chi connectivity index (χ2v) is 8.83. The summed E-state index contributed by atoms with van der Waals surface area (Å²) >= 11 is 0. The predicted octanol–water partition coefficient (Wildman–Crippen LogP) is 2.97. The number of phenolic OH excluding ortho intramolecular Hbond substituents is 1. The molecule has 0 bridgehead atoms. The molecule has 9 heteroatoms. The Hall–Kier alpha value is -4.27. The van der Waals surface area contributed by atoms with E-state index in [4.69, 9.17) is 9.15 Å². The molecule has 0 radical (unpaired) electrons. The Labute approximate surface area is 199 Å². The number of phenols is 1. The van der Waals surface area contributed by atoms with Crippen molar-refractivity contribution in [1.82, 2.24) is 10.3 Å². The Balaban J connectivity index is 1.34. The van der Waals surface area contributed by atoms with Gasteiger partial charge in [-0.1, -0.05) is 0 Å². The third kappa shape index (κ3) is 4.32. The van der Waals surface area contributed by atoms with Gasteiger partial charge < -0.3 is 29.7 Å². The van der Waals surface area contributed by atoms with Crippen molar-refractivity contribution in [1.29, 1.82) is 0 Å². The van der Waals surface area contributed by atoms with Gasteiger partial charge >= 0.3 is 11.6 Å². The van der Waals surface area contributed by atoms with E-state index in [1.54, 1.807) is 30.5 Å². The molecule has 35 heavy (non-hydrogen) atoms. The van der Waals surface area contributed by atoms with Crippen molar-refractivity contribution in [3.8, 4) is 11.5 Å². The molecular weight excluding hydrogens is 452 g/mol. The maximum atomic E-state index is 12.7. The van der Waals surface area contributed by atoms with E-state index in [2.05, 4.69) is 10.3 Å². The number of aliphatic carboxylic acids is 1. The predicted molar refractivity (Wildman–Crippen MR) is 128 cm³/mol. The van der Waals surface area contributed by atoms with Crippen LogP contribution in [-0.4, -0.2) is 39.7 Å². The molecule has 0 spiro atoms. The molecule has 0 fully saturated rings. The number of fused-ring (bicyclic) bond motifs is 4. The largest absolute Gasteiger partial charge is 0.508 e. The minimum Gasteiger partial charge on any atom is -0.508 e. The van der Waals surface area contributed by atoms with Crippen LogP contribution in [0.25, 0.3) is 21.9 Å². The van der Waals surface area contributed by atoms with Crippen molar-refractivity contribution in [3.05, 3.63) is 69.2 Å². The van der Waals surface area contributed by atoms with Gasteiger partial charge in [-0.3, -0.25) is 4.79 Å². The van der Waals surface area contributed by atoms with Gasteiger partial charge in [-0.05, 0) is 73.2 Å². The molecule has 4 N–H and O–H groups in total. The van der Waals surface area contributed by atoms with Gasteiger partial charge in [-0.15, -0.1) is 0 Å². The normalized spacial score (nSPS) is 13.6. The second kappa shape index (κ2) is 8.83. The van der Waals surface area contributed by atoms with Gasteiger partial charge in [-0.2, -0.15) is 0 Å². The zero-order chi connectivity index (χ0) is 24.7. The number of aromatic hydroxyl groups is 1. The Morgan fingerprint density at radius 2 is 2.00 bits per heavy atom. The fourth-order valence-corrected chi connectivity index (χ4v) is 4.75. The number of hydrogen-bond donors (Lipinski definition) is 4. The van der Waals surface area contributed by atoms with Crippen LogP contribution in [0.5, 0.6) is 11.5 Å². The lowest BCUT2D eigenvalue weighted by Gasteiger charge is -2.16. The second-order valence-electron chi connectivity index (χ2n) is 8.83. The number of carboxylic acid groups (broad SMARTS) is 1. The highest BCUT2D eigenvalue weighted by atomic mass is 16.5. The molecule has 0 saturated carbocycles. The van der Waals surface area contributed by atoms with E-state index >= 15 is 0 Å². The lowest BCUT2D eigenvalue weighted by molar-refractivity contribution is -0.142. The number of ether oxygens (including phenoxy) is 1. The minimum absolute atomic E-state index is 0.0244. The number of rotatable bonds is 7. The number of amides is 1. The number of aromatic amines is 1. The number of H-pyrrole nitrogens is 1. The third-order valence-electron chi connectivity index (χ3n) is 6.35. The molecule has 5 rings (SSSR count). The average molecular weight is 476 g/mol. The van der Waals surface area contributed by atoms with Crippen LogP contribution in [0.1, 0.15) is 28.7 Å². The number of carbonyl (C=O) groups excluding carboxylic acids is 1. The highest BCUT2D eigenvalue weighted by Gasteiger charge is 2.25. The van der Waals surface area contributed by atoms with E-state index in [0.717, 1.165) is 29.5 Å². The molecule has 0 aliphatic heterocycles. The van der Waals surface area contributed by atoms with Crippen molar-refractivity contribution in [3.63, 3.8) is 0 Å². The zero-order valence-corrected chi connectivity index (χ0v) is 19.0. The first-order valence-corrected chi connectivity index (χ1v) is 11.3. The molecule has 1 amide bonds. The summed E-state index contributed by atoms with van der Waals surface area (Å²) in [4.78, 5) is 39.8. The molecule has 0 unspecified atom stereocenters. The number of benzene rings is 2. The van der Waals surface area contributed by atoms with Crippen molar-refractivity contribution in [2.75, 3.05) is 6.61 Å². The van der Waals surface area contributed by atoms with Crippen LogP contribution in [0.4, 0.5) is 0 Å². The lowest BCUT2D eigenvalue weighted by atomic mass is 10.0. The molecule has 180 valence electrons. The fraction of sp³-hybridized carbons (Fsp3) is 0.269. The van der Waals surface area contributed by atoms with Crippen molar-refractivity contribution >= 4 is 33.7 Å². The molecule has 2 aromatic carbocycles. The summed E-state index contributed by atoms with van der Waals surface area (Å²) in [5.41, 5.74) is 3.82. The molecule has 1 atom stereocenters. The lowest BCUT2D eigenvalue weighted by Crippen LogP contribution is -2.44. The first-order chi connectivity index (χ1) is 16.8. The van der Waals surface area contributed by atoms with E-state index in [-0.39, 0.29) is 17.8 Å². The summed E-state index contributed by atoms with van der Waals surface area (Å²) in [6.07, 6.45) is 3.91. The van der Waals surface area contributed by atoms with E-state index in [1.165, 1.54) is 6.07 Å². The summed E-state index contributed by atoms with van der Waals surface area (Å²) in [7, 11) is 0. The maximum absolute atomic E-state index is 12.7. The molecule has 1 aliphatic rings. The van der Waals surface area contributed by atoms with Crippen LogP contribution >= 0.6 is 0 Å². The zero-order valence-electron chi connectivity index (χ0n) is 19.0. The number of carbonyl (C=O) groups is 2. The Morgan fingerprint density at radius 3 is 2.80 bits per heavy atom. The summed E-state index contributed by atoms with van der Waals surface area (Å²) in [6, 6.07) is 7.13. The van der Waals surface area contributed by atoms with Crippen LogP contribution in [-0.2, 0) is 28.9 Å². The van der Waals surface area contributed by atoms with Crippen LogP contribution in [0.2, 0.25) is 0 Å². The monoisotopic (exact) mass is 476 g/mol. The molecular formula is C26H24N2O7. The molecule has 2 heterocycles. The molecule has 4 aromatic rings. The van der Waals surface area contributed by atoms with Gasteiger partial charge in [0, 0.05) is 29.1 Å². The Kier molecular flexibility index (Phi) is 5.68. The Bertz CT molecular complexity index is 1530. The topological polar surface area (TPSA) is 142 Å². The SMILES string of the molecule is Cc1cc(OCC(=O)N[C@H](Cc2c[nH]c3ccc(O)cc23)C(=O)O)c2c3c(c(=O)oc2c1)CCC3. The van der Waals surface area contributed by atoms with Crippen LogP contribution in [0.3, 0.4) is 0 Å². The van der Waals surface area contributed by atoms with Crippen molar-refractivity contribution < 1.29 is 29.0 Å². The molecule has 2 aromatic heterocycles. The van der Waals surface area contributed by atoms with E-state index in [0.29, 0.717) is 39.7 Å². The number of aryl methyl sites for hydroxylation is 2. The molecule has 0 saturated heterocycles. The number of carboxylic acids is 1. The minimum atomic E-state index is -1.19. The summed E-state index contributed by atoms with van der Waals surface area (Å²) < 4.78 is 11.3. The summed E-state index contributed by atoms with van der Waals surface area (Å²) in [6.45, 7) is 1.43. The van der Waals surface area contributed by atoms with Gasteiger partial charge in [0.15, 0.2) is 6.61 Å². The van der Waals surface area contributed by atoms with Crippen LogP contribution in [0, 0.1) is 6.92 Å². The average Bonchev–Trinajstić information content (AvgIpc) is 3.44. The highest BCUT2D eigenvalue weighted by molar-refractivity contribution is 5.90. The van der Waals surface area contributed by atoms with Gasteiger partial charge in [0.25, 0.3) is 5.91 Å². The van der Waals surface area contributed by atoms with Gasteiger partial charge in [-0.25, -0.2) is 9.59 Å². The van der Waals surface area contributed by atoms with Gasteiger partial charge in [0.1, 0.15) is 23.1 Å². The Morgan fingerprint density at radius 1 is 1.20 bits per heavy atom. The summed E-state index contributed by atoms with van der Waals surface area (Å²) in [5.74, 6) is -1.29. The van der Waals surface area contributed by atoms with Crippen LogP contribution in [0.15, 0.2) is 45.7 Å². The molecule has 9 nitrogen and oxygen atoms in total. The molecule has 1 aliphatic carbocycles. The van der Waals surface area contributed by atoms with Crippen LogP contribution < -0.4 is 15.7 Å². The quantitative estimate of drug-likeness (QED) is 0.300. The highest BCUT2D eigenvalue weighted by Crippen LogP contribution is 2.35. The van der Waals surface area contributed by atoms with Gasteiger partial charge in [0.2, 0.25) is 0 Å². The summed E-state index contributed by atoms with van der Waals surface area (Å²) in [5, 5.41) is 23.3.